The van der Waals surface area contributed by atoms with E-state index in [0.717, 1.165) is 5.56 Å². The van der Waals surface area contributed by atoms with Gasteiger partial charge in [0.15, 0.2) is 12.1 Å². The molecular formula is C25H25NO5. The summed E-state index contributed by atoms with van der Waals surface area (Å²) in [4.78, 5) is 26.3. The Hall–Kier alpha value is -3.22. The van der Waals surface area contributed by atoms with Gasteiger partial charge in [0.2, 0.25) is 0 Å². The van der Waals surface area contributed by atoms with E-state index >= 15 is 0 Å². The Balaban J connectivity index is 1.89. The summed E-state index contributed by atoms with van der Waals surface area (Å²) < 4.78 is 17.9. The van der Waals surface area contributed by atoms with Gasteiger partial charge in [-0.1, -0.05) is 30.3 Å². The van der Waals surface area contributed by atoms with Crippen LogP contribution in [0, 0.1) is 0 Å². The van der Waals surface area contributed by atoms with Gasteiger partial charge in [0.25, 0.3) is 5.56 Å². The summed E-state index contributed by atoms with van der Waals surface area (Å²) in [5.41, 5.74) is 3.11. The first-order valence-corrected chi connectivity index (χ1v) is 10.3. The number of carbonyl (C=O) groups is 1. The fourth-order valence-electron chi connectivity index (χ4n) is 3.87. The second kappa shape index (κ2) is 9.29. The standard InChI is InChI=1S/C25H25NO5/c1-17(27)22-16-26(19-8-10-20(29-2)11-9-19)25(28)21(12-13-23-30-14-15-31-23)24(22)18-6-4-3-5-7-18/h3-11,16,23H,12-15H2,1-2H3. The zero-order valence-corrected chi connectivity index (χ0v) is 17.7. The molecule has 0 saturated carbocycles. The predicted molar refractivity (Wildman–Crippen MR) is 118 cm³/mol. The van der Waals surface area contributed by atoms with Crippen molar-refractivity contribution in [2.24, 2.45) is 0 Å². The summed E-state index contributed by atoms with van der Waals surface area (Å²) in [5, 5.41) is 0. The lowest BCUT2D eigenvalue weighted by molar-refractivity contribution is -0.0462. The highest BCUT2D eigenvalue weighted by atomic mass is 16.7. The van der Waals surface area contributed by atoms with Crippen LogP contribution in [0.2, 0.25) is 0 Å². The number of hydrogen-bond donors (Lipinski definition) is 0. The number of methoxy groups -OCH3 is 1. The van der Waals surface area contributed by atoms with Gasteiger partial charge in [-0.05, 0) is 43.2 Å². The molecule has 0 bridgehead atoms. The largest absolute Gasteiger partial charge is 0.497 e. The summed E-state index contributed by atoms with van der Waals surface area (Å²) in [7, 11) is 1.59. The van der Waals surface area contributed by atoms with Crippen LogP contribution >= 0.6 is 0 Å². The second-order valence-corrected chi connectivity index (χ2v) is 7.40. The molecule has 4 rings (SSSR count). The third-order valence-corrected chi connectivity index (χ3v) is 5.42. The highest BCUT2D eigenvalue weighted by Gasteiger charge is 2.23. The lowest BCUT2D eigenvalue weighted by Crippen LogP contribution is -2.26. The van der Waals surface area contributed by atoms with Crippen LogP contribution < -0.4 is 10.3 Å². The molecule has 3 aromatic rings. The van der Waals surface area contributed by atoms with Gasteiger partial charge in [0.05, 0.1) is 20.3 Å². The molecule has 1 fully saturated rings. The van der Waals surface area contributed by atoms with Crippen LogP contribution in [0.25, 0.3) is 16.8 Å². The number of ether oxygens (including phenoxy) is 3. The van der Waals surface area contributed by atoms with Gasteiger partial charge < -0.3 is 14.2 Å². The van der Waals surface area contributed by atoms with E-state index in [1.165, 1.54) is 11.5 Å². The molecule has 160 valence electrons. The maximum absolute atomic E-state index is 13.6. The Morgan fingerprint density at radius 2 is 1.74 bits per heavy atom. The van der Waals surface area contributed by atoms with Crippen molar-refractivity contribution in [1.82, 2.24) is 4.57 Å². The summed E-state index contributed by atoms with van der Waals surface area (Å²) in [5.74, 6) is 0.594. The zero-order chi connectivity index (χ0) is 21.8. The van der Waals surface area contributed by atoms with Crippen LogP contribution in [0.3, 0.4) is 0 Å². The van der Waals surface area contributed by atoms with Gasteiger partial charge in [-0.15, -0.1) is 0 Å². The molecule has 6 heteroatoms. The predicted octanol–water partition coefficient (Wildman–Crippen LogP) is 4.02. The number of aromatic nitrogens is 1. The first-order chi connectivity index (χ1) is 15.1. The van der Waals surface area contributed by atoms with Crippen LogP contribution in [0.15, 0.2) is 65.6 Å². The van der Waals surface area contributed by atoms with Crippen molar-refractivity contribution in [3.8, 4) is 22.6 Å². The van der Waals surface area contributed by atoms with Crippen molar-refractivity contribution in [1.29, 1.82) is 0 Å². The monoisotopic (exact) mass is 419 g/mol. The minimum atomic E-state index is -0.335. The summed E-state index contributed by atoms with van der Waals surface area (Å²) in [6.45, 7) is 2.64. The molecule has 2 heterocycles. The molecule has 0 radical (unpaired) electrons. The molecule has 0 spiro atoms. The topological polar surface area (TPSA) is 66.8 Å². The fraction of sp³-hybridized carbons (Fsp3) is 0.280. The lowest BCUT2D eigenvalue weighted by atomic mass is 9.92. The van der Waals surface area contributed by atoms with Gasteiger partial charge in [-0.2, -0.15) is 0 Å². The summed E-state index contributed by atoms with van der Waals surface area (Å²) in [6.07, 6.45) is 2.28. The van der Waals surface area contributed by atoms with Crippen molar-refractivity contribution in [3.63, 3.8) is 0 Å². The maximum Gasteiger partial charge on any atom is 0.258 e. The molecule has 0 atom stereocenters. The molecule has 0 amide bonds. The van der Waals surface area contributed by atoms with Crippen molar-refractivity contribution in [3.05, 3.63) is 82.3 Å². The van der Waals surface area contributed by atoms with Crippen molar-refractivity contribution in [2.75, 3.05) is 20.3 Å². The highest BCUT2D eigenvalue weighted by Crippen LogP contribution is 2.29. The number of carbonyl (C=O) groups excluding carboxylic acids is 1. The van der Waals surface area contributed by atoms with Crippen molar-refractivity contribution in [2.45, 2.75) is 26.1 Å². The summed E-state index contributed by atoms with van der Waals surface area (Å²) >= 11 is 0. The van der Waals surface area contributed by atoms with Crippen LogP contribution in [-0.2, 0) is 15.9 Å². The van der Waals surface area contributed by atoms with Gasteiger partial charge in [-0.25, -0.2) is 0 Å². The van der Waals surface area contributed by atoms with E-state index in [2.05, 4.69) is 0 Å². The molecule has 0 unspecified atom stereocenters. The Kier molecular flexibility index (Phi) is 6.30. The van der Waals surface area contributed by atoms with Crippen LogP contribution in [0.4, 0.5) is 0 Å². The Labute approximate surface area is 181 Å². The average molecular weight is 419 g/mol. The minimum absolute atomic E-state index is 0.101. The van der Waals surface area contributed by atoms with E-state index < -0.39 is 0 Å². The lowest BCUT2D eigenvalue weighted by Gasteiger charge is -2.18. The van der Waals surface area contributed by atoms with Crippen LogP contribution in [0.1, 0.15) is 29.3 Å². The minimum Gasteiger partial charge on any atom is -0.497 e. The number of ketones is 1. The number of benzene rings is 2. The van der Waals surface area contributed by atoms with E-state index in [-0.39, 0.29) is 17.6 Å². The second-order valence-electron chi connectivity index (χ2n) is 7.40. The Bertz CT molecular complexity index is 1110. The SMILES string of the molecule is COc1ccc(-n2cc(C(C)=O)c(-c3ccccc3)c(CCC3OCCO3)c2=O)cc1. The van der Waals surface area contributed by atoms with Gasteiger partial charge >= 0.3 is 0 Å². The smallest absolute Gasteiger partial charge is 0.258 e. The Morgan fingerprint density at radius 1 is 1.06 bits per heavy atom. The number of rotatable bonds is 7. The van der Waals surface area contributed by atoms with E-state index in [0.29, 0.717) is 54.2 Å². The van der Waals surface area contributed by atoms with E-state index in [1.807, 2.05) is 30.3 Å². The molecule has 0 N–H and O–H groups in total. The molecule has 31 heavy (non-hydrogen) atoms. The molecule has 0 aliphatic carbocycles. The van der Waals surface area contributed by atoms with E-state index in [4.69, 9.17) is 14.2 Å². The maximum atomic E-state index is 13.6. The molecule has 1 saturated heterocycles. The fourth-order valence-corrected chi connectivity index (χ4v) is 3.87. The third-order valence-electron chi connectivity index (χ3n) is 5.42. The van der Waals surface area contributed by atoms with Crippen molar-refractivity contribution < 1.29 is 19.0 Å². The third kappa shape index (κ3) is 4.45. The molecule has 6 nitrogen and oxygen atoms in total. The van der Waals surface area contributed by atoms with Gasteiger partial charge in [0.1, 0.15) is 5.75 Å². The van der Waals surface area contributed by atoms with Gasteiger partial charge in [-0.3, -0.25) is 14.2 Å². The normalized spacial score (nSPS) is 14.0. The Morgan fingerprint density at radius 3 is 2.35 bits per heavy atom. The molecule has 2 aromatic carbocycles. The number of pyridine rings is 1. The molecule has 1 aromatic heterocycles. The molecule has 1 aliphatic heterocycles. The highest BCUT2D eigenvalue weighted by molar-refractivity contribution is 6.01. The first kappa shape index (κ1) is 21.0. The molecule has 1 aliphatic rings. The number of hydrogen-bond acceptors (Lipinski definition) is 5. The molecular weight excluding hydrogens is 394 g/mol. The number of Topliss-reactive ketones (excluding diaryl/α,β-unsaturated/α-hetero) is 1. The average Bonchev–Trinajstić information content (AvgIpc) is 3.32. The van der Waals surface area contributed by atoms with E-state index in [9.17, 15) is 9.59 Å². The number of nitrogens with zero attached hydrogens (tertiary/aromatic N) is 1. The zero-order valence-electron chi connectivity index (χ0n) is 17.7. The van der Waals surface area contributed by atoms with Crippen molar-refractivity contribution >= 4 is 5.78 Å². The summed E-state index contributed by atoms with van der Waals surface area (Å²) in [6, 6.07) is 16.8. The van der Waals surface area contributed by atoms with Crippen LogP contribution in [0.5, 0.6) is 5.75 Å². The van der Waals surface area contributed by atoms with Gasteiger partial charge in [0, 0.05) is 35.0 Å². The first-order valence-electron chi connectivity index (χ1n) is 10.3. The van der Waals surface area contributed by atoms with Crippen LogP contribution in [-0.4, -0.2) is 37.0 Å². The van der Waals surface area contributed by atoms with E-state index in [1.54, 1.807) is 37.6 Å². The quantitative estimate of drug-likeness (QED) is 0.541.